The van der Waals surface area contributed by atoms with Crippen LogP contribution in [0.5, 0.6) is 5.75 Å². The predicted octanol–water partition coefficient (Wildman–Crippen LogP) is 2.82. The Balaban J connectivity index is 1.98. The van der Waals surface area contributed by atoms with Gasteiger partial charge in [-0.25, -0.2) is 13.9 Å². The van der Waals surface area contributed by atoms with Crippen molar-refractivity contribution in [1.82, 2.24) is 14.7 Å². The summed E-state index contributed by atoms with van der Waals surface area (Å²) in [5.41, 5.74) is 0.444. The van der Waals surface area contributed by atoms with Gasteiger partial charge in [-0.1, -0.05) is 19.4 Å². The molecule has 1 atom stereocenters. The molecule has 1 saturated heterocycles. The number of hydrogen-bond donors (Lipinski definition) is 2. The second-order valence-corrected chi connectivity index (χ2v) is 11.4. The Morgan fingerprint density at radius 1 is 1.27 bits per heavy atom. The average molecular weight is 496 g/mol. The van der Waals surface area contributed by atoms with Crippen molar-refractivity contribution in [2.24, 2.45) is 5.41 Å². The summed E-state index contributed by atoms with van der Waals surface area (Å²) in [5, 5.41) is 11.2. The quantitative estimate of drug-likeness (QED) is 0.314. The summed E-state index contributed by atoms with van der Waals surface area (Å²) < 4.78 is 33.8. The van der Waals surface area contributed by atoms with Crippen molar-refractivity contribution in [3.05, 3.63) is 46.7 Å². The maximum Gasteiger partial charge on any atom is 0.282 e. The molecule has 180 valence electrons. The summed E-state index contributed by atoms with van der Waals surface area (Å²) in [6.07, 6.45) is 0.323. The zero-order valence-corrected chi connectivity index (χ0v) is 20.5. The number of carbonyl (C=O) groups is 2. The molecule has 1 unspecified atom stereocenters. The van der Waals surface area contributed by atoms with E-state index in [1.165, 1.54) is 33.8 Å². The Bertz CT molecular complexity index is 1070. The minimum atomic E-state index is -4.20. The van der Waals surface area contributed by atoms with E-state index in [4.69, 9.17) is 4.74 Å². The maximum absolute atomic E-state index is 13.6. The smallest absolute Gasteiger partial charge is 0.282 e. The number of sulfonamides is 1. The average Bonchev–Trinajstić information content (AvgIpc) is 3.30. The van der Waals surface area contributed by atoms with Crippen LogP contribution in [0, 0.1) is 5.41 Å². The van der Waals surface area contributed by atoms with Crippen molar-refractivity contribution in [1.29, 1.82) is 0 Å². The first-order chi connectivity index (χ1) is 15.6. The van der Waals surface area contributed by atoms with Crippen LogP contribution in [0.2, 0.25) is 0 Å². The van der Waals surface area contributed by atoms with E-state index in [0.29, 0.717) is 12.4 Å². The second-order valence-electron chi connectivity index (χ2n) is 8.47. The number of unbranched alkanes of at least 4 members (excludes halogenated alkanes) is 1. The molecule has 0 radical (unpaired) electrons. The van der Waals surface area contributed by atoms with Gasteiger partial charge < -0.3 is 9.64 Å². The zero-order chi connectivity index (χ0) is 24.2. The Kier molecular flexibility index (Phi) is 7.78. The van der Waals surface area contributed by atoms with Crippen LogP contribution in [-0.4, -0.2) is 54.0 Å². The molecule has 11 heteroatoms. The number of hydrogen-bond acceptors (Lipinski definition) is 7. The standard InChI is InChI=1S/C22H29N3O6S2/c1-4-5-12-31-16-8-10-18(11-9-16)33(29,30)25-15-22(2,3)21(27)24(20(25)19(26)23-28)14-17-7-6-13-32-17/h6-11,13,20,28H,4-5,12,14-15H2,1-3H3,(H,23,26). The van der Waals surface area contributed by atoms with E-state index in [-0.39, 0.29) is 23.9 Å². The number of nitrogens with zero attached hydrogens (tertiary/aromatic N) is 2. The molecule has 0 spiro atoms. The van der Waals surface area contributed by atoms with Gasteiger partial charge in [0, 0.05) is 11.4 Å². The Morgan fingerprint density at radius 2 is 1.97 bits per heavy atom. The number of rotatable bonds is 9. The third kappa shape index (κ3) is 5.37. The summed E-state index contributed by atoms with van der Waals surface area (Å²) in [7, 11) is -4.20. The summed E-state index contributed by atoms with van der Waals surface area (Å²) in [4.78, 5) is 27.8. The first-order valence-corrected chi connectivity index (χ1v) is 13.0. The molecule has 2 heterocycles. The van der Waals surface area contributed by atoms with Crippen molar-refractivity contribution in [2.75, 3.05) is 13.2 Å². The molecule has 33 heavy (non-hydrogen) atoms. The van der Waals surface area contributed by atoms with Crippen LogP contribution in [0.15, 0.2) is 46.7 Å². The molecule has 3 rings (SSSR count). The van der Waals surface area contributed by atoms with Crippen molar-refractivity contribution in [3.8, 4) is 5.75 Å². The number of ether oxygens (including phenoxy) is 1. The summed E-state index contributed by atoms with van der Waals surface area (Å²) in [6, 6.07) is 9.55. The fraction of sp³-hybridized carbons (Fsp3) is 0.455. The molecule has 2 N–H and O–H groups in total. The van der Waals surface area contributed by atoms with Gasteiger partial charge in [0.25, 0.3) is 5.91 Å². The van der Waals surface area contributed by atoms with Crippen LogP contribution >= 0.6 is 11.3 Å². The van der Waals surface area contributed by atoms with Gasteiger partial charge in [0.15, 0.2) is 6.17 Å². The Labute approximate surface area is 198 Å². The minimum Gasteiger partial charge on any atom is -0.494 e. The molecule has 1 aliphatic rings. The van der Waals surface area contributed by atoms with Crippen molar-refractivity contribution in [2.45, 2.75) is 51.2 Å². The van der Waals surface area contributed by atoms with E-state index in [9.17, 15) is 23.2 Å². The van der Waals surface area contributed by atoms with Crippen molar-refractivity contribution in [3.63, 3.8) is 0 Å². The maximum atomic E-state index is 13.6. The number of amides is 2. The van der Waals surface area contributed by atoms with Gasteiger partial charge in [0.05, 0.1) is 23.5 Å². The van der Waals surface area contributed by atoms with Crippen LogP contribution in [0.25, 0.3) is 0 Å². The first kappa shape index (κ1) is 25.2. The first-order valence-electron chi connectivity index (χ1n) is 10.6. The van der Waals surface area contributed by atoms with Crippen LogP contribution < -0.4 is 10.2 Å². The number of carbonyl (C=O) groups excluding carboxylic acids is 2. The SMILES string of the molecule is CCCCOc1ccc(S(=O)(=O)N2CC(C)(C)C(=O)N(Cc3cccs3)C2C(=O)NO)cc1. The molecule has 0 bridgehead atoms. The van der Waals surface area contributed by atoms with Gasteiger partial charge in [-0.3, -0.25) is 14.8 Å². The molecule has 1 aliphatic heterocycles. The number of benzene rings is 1. The molecule has 0 aliphatic carbocycles. The molecule has 2 amide bonds. The highest BCUT2D eigenvalue weighted by atomic mass is 32.2. The second kappa shape index (κ2) is 10.2. The fourth-order valence-electron chi connectivity index (χ4n) is 3.65. The van der Waals surface area contributed by atoms with Crippen LogP contribution in [0.1, 0.15) is 38.5 Å². The van der Waals surface area contributed by atoms with E-state index >= 15 is 0 Å². The third-order valence-corrected chi connectivity index (χ3v) is 8.08. The van der Waals surface area contributed by atoms with E-state index in [2.05, 4.69) is 0 Å². The highest BCUT2D eigenvalue weighted by Crippen LogP contribution is 2.35. The van der Waals surface area contributed by atoms with Gasteiger partial charge >= 0.3 is 0 Å². The largest absolute Gasteiger partial charge is 0.494 e. The van der Waals surface area contributed by atoms with Gasteiger partial charge in [-0.2, -0.15) is 4.31 Å². The normalized spacial score (nSPS) is 18.8. The van der Waals surface area contributed by atoms with E-state index < -0.39 is 27.5 Å². The molecular formula is C22H29N3O6S2. The summed E-state index contributed by atoms with van der Waals surface area (Å²) >= 11 is 1.38. The van der Waals surface area contributed by atoms with Gasteiger partial charge in [-0.05, 0) is 56.0 Å². The van der Waals surface area contributed by atoms with E-state index in [1.807, 2.05) is 12.3 Å². The zero-order valence-electron chi connectivity index (χ0n) is 18.9. The number of hydroxylamine groups is 1. The lowest BCUT2D eigenvalue weighted by molar-refractivity contribution is -0.164. The minimum absolute atomic E-state index is 0.0360. The molecule has 1 fully saturated rings. The lowest BCUT2D eigenvalue weighted by atomic mass is 9.88. The highest BCUT2D eigenvalue weighted by Gasteiger charge is 2.52. The topological polar surface area (TPSA) is 116 Å². The van der Waals surface area contributed by atoms with Crippen LogP contribution in [-0.2, 0) is 26.2 Å². The third-order valence-electron chi connectivity index (χ3n) is 5.41. The van der Waals surface area contributed by atoms with Crippen molar-refractivity contribution >= 4 is 33.2 Å². The van der Waals surface area contributed by atoms with Crippen LogP contribution in [0.3, 0.4) is 0 Å². The van der Waals surface area contributed by atoms with Gasteiger partial charge in [0.1, 0.15) is 5.75 Å². The van der Waals surface area contributed by atoms with Gasteiger partial charge in [0.2, 0.25) is 15.9 Å². The predicted molar refractivity (Wildman–Crippen MR) is 123 cm³/mol. The van der Waals surface area contributed by atoms with Gasteiger partial charge in [-0.15, -0.1) is 11.3 Å². The van der Waals surface area contributed by atoms with Crippen molar-refractivity contribution < 1.29 is 28.0 Å². The fourth-order valence-corrected chi connectivity index (χ4v) is 6.07. The molecule has 2 aromatic rings. The van der Waals surface area contributed by atoms with E-state index in [1.54, 1.807) is 38.1 Å². The Hall–Kier alpha value is -2.47. The summed E-state index contributed by atoms with van der Waals surface area (Å²) in [5.74, 6) is -0.838. The molecule has 9 nitrogen and oxygen atoms in total. The number of thiophene rings is 1. The molecule has 1 aromatic heterocycles. The van der Waals surface area contributed by atoms with Crippen LogP contribution in [0.4, 0.5) is 0 Å². The van der Waals surface area contributed by atoms with E-state index in [0.717, 1.165) is 22.0 Å². The number of nitrogens with one attached hydrogen (secondary N) is 1. The lowest BCUT2D eigenvalue weighted by Gasteiger charge is -2.47. The molecular weight excluding hydrogens is 466 g/mol. The molecule has 0 saturated carbocycles. The summed E-state index contributed by atoms with van der Waals surface area (Å²) in [6.45, 7) is 5.66. The highest BCUT2D eigenvalue weighted by molar-refractivity contribution is 7.89. The molecule has 1 aromatic carbocycles. The lowest BCUT2D eigenvalue weighted by Crippen LogP contribution is -2.68. The monoisotopic (exact) mass is 495 g/mol. The Morgan fingerprint density at radius 3 is 2.55 bits per heavy atom.